The van der Waals surface area contributed by atoms with Crippen molar-refractivity contribution in [1.82, 2.24) is 0 Å². The van der Waals surface area contributed by atoms with E-state index in [-0.39, 0.29) is 0 Å². The van der Waals surface area contributed by atoms with Crippen LogP contribution in [0.3, 0.4) is 0 Å². The first-order valence-corrected chi connectivity index (χ1v) is 5.65. The van der Waals surface area contributed by atoms with E-state index in [0.29, 0.717) is 0 Å². The fourth-order valence-electron chi connectivity index (χ4n) is 1.18. The van der Waals surface area contributed by atoms with Gasteiger partial charge in [0, 0.05) is 9.37 Å². The highest BCUT2D eigenvalue weighted by atomic mass is 79.9. The lowest BCUT2D eigenvalue weighted by atomic mass is 10.1. The van der Waals surface area contributed by atoms with Crippen LogP contribution in [0.25, 0.3) is 0 Å². The van der Waals surface area contributed by atoms with Gasteiger partial charge in [0.1, 0.15) is 5.40 Å². The molecule has 1 aromatic carbocycles. The summed E-state index contributed by atoms with van der Waals surface area (Å²) in [7, 11) is 0. The van der Waals surface area contributed by atoms with Gasteiger partial charge in [-0.3, -0.25) is 0 Å². The number of thioether (sulfide) groups is 1. The molecular formula is C10H10BrNS. The molecule has 0 aliphatic carbocycles. The molecule has 0 radical (unpaired) electrons. The van der Waals surface area contributed by atoms with E-state index in [0.717, 1.165) is 15.8 Å². The Hall–Kier alpha value is -0.460. The van der Waals surface area contributed by atoms with E-state index >= 15 is 0 Å². The first-order valence-electron chi connectivity index (χ1n) is 4.04. The maximum Gasteiger partial charge on any atom is 0.138 e. The van der Waals surface area contributed by atoms with Gasteiger partial charge in [-0.15, -0.1) is 0 Å². The van der Waals surface area contributed by atoms with Crippen LogP contribution in [0, 0.1) is 17.6 Å². The molecule has 0 atom stereocenters. The van der Waals surface area contributed by atoms with E-state index < -0.39 is 0 Å². The van der Waals surface area contributed by atoms with Crippen molar-refractivity contribution in [2.24, 2.45) is 0 Å². The second kappa shape index (κ2) is 4.69. The van der Waals surface area contributed by atoms with Gasteiger partial charge in [0.05, 0.1) is 0 Å². The van der Waals surface area contributed by atoms with Gasteiger partial charge in [0.2, 0.25) is 0 Å². The number of aryl methyl sites for hydroxylation is 2. The molecule has 0 unspecified atom stereocenters. The molecule has 1 rings (SSSR count). The maximum absolute atomic E-state index is 8.54. The largest absolute Gasteiger partial charge is 0.185 e. The minimum absolute atomic E-state index is 0.987. The Labute approximate surface area is 91.3 Å². The summed E-state index contributed by atoms with van der Waals surface area (Å²) in [5.41, 5.74) is 2.45. The Morgan fingerprint density at radius 1 is 1.54 bits per heavy atom. The monoisotopic (exact) mass is 255 g/mol. The second-order valence-electron chi connectivity index (χ2n) is 2.76. The quantitative estimate of drug-likeness (QED) is 0.592. The van der Waals surface area contributed by atoms with Crippen molar-refractivity contribution in [3.63, 3.8) is 0 Å². The molecule has 0 aliphatic rings. The summed E-state index contributed by atoms with van der Waals surface area (Å²) in [5, 5.41) is 10.6. The Morgan fingerprint density at radius 3 is 2.77 bits per heavy atom. The SMILES string of the molecule is CCc1cc(SC#N)cc(C)c1Br. The highest BCUT2D eigenvalue weighted by Gasteiger charge is 2.04. The number of nitriles is 1. The predicted octanol–water partition coefficient (Wildman–Crippen LogP) is 3.89. The standard InChI is InChI=1S/C10H10BrNS/c1-3-8-5-9(13-6-12)4-7(2)10(8)11/h4-5H,3H2,1-2H3. The molecule has 13 heavy (non-hydrogen) atoms. The minimum atomic E-state index is 0.987. The normalized spacial score (nSPS) is 9.69. The fraction of sp³-hybridized carbons (Fsp3) is 0.300. The van der Waals surface area contributed by atoms with Gasteiger partial charge in [0.25, 0.3) is 0 Å². The van der Waals surface area contributed by atoms with Crippen LogP contribution in [0.15, 0.2) is 21.5 Å². The summed E-state index contributed by atoms with van der Waals surface area (Å²) in [6.45, 7) is 4.16. The van der Waals surface area contributed by atoms with E-state index in [9.17, 15) is 0 Å². The van der Waals surface area contributed by atoms with Gasteiger partial charge >= 0.3 is 0 Å². The van der Waals surface area contributed by atoms with Gasteiger partial charge in [-0.2, -0.15) is 5.26 Å². The van der Waals surface area contributed by atoms with E-state index in [4.69, 9.17) is 5.26 Å². The summed E-state index contributed by atoms with van der Waals surface area (Å²) >= 11 is 4.75. The van der Waals surface area contributed by atoms with Crippen LogP contribution in [-0.2, 0) is 6.42 Å². The van der Waals surface area contributed by atoms with Gasteiger partial charge in [0.15, 0.2) is 0 Å². The van der Waals surface area contributed by atoms with Crippen molar-refractivity contribution in [3.8, 4) is 5.40 Å². The van der Waals surface area contributed by atoms with E-state index in [1.807, 2.05) is 13.0 Å². The van der Waals surface area contributed by atoms with E-state index in [1.54, 1.807) is 0 Å². The molecule has 0 saturated heterocycles. The van der Waals surface area contributed by atoms with Crippen LogP contribution in [-0.4, -0.2) is 0 Å². The average molecular weight is 256 g/mol. The molecule has 0 fully saturated rings. The maximum atomic E-state index is 8.54. The summed E-state index contributed by atoms with van der Waals surface area (Å²) in [4.78, 5) is 1.03. The molecule has 0 aromatic heterocycles. The Bertz CT molecular complexity index is 355. The zero-order valence-corrected chi connectivity index (χ0v) is 10.00. The smallest absolute Gasteiger partial charge is 0.138 e. The molecule has 3 heteroatoms. The molecule has 0 heterocycles. The van der Waals surface area contributed by atoms with Crippen LogP contribution < -0.4 is 0 Å². The molecule has 0 saturated carbocycles. The Balaban J connectivity index is 3.16. The first-order chi connectivity index (χ1) is 6.19. The molecule has 68 valence electrons. The van der Waals surface area contributed by atoms with Crippen molar-refractivity contribution >= 4 is 27.7 Å². The van der Waals surface area contributed by atoms with Crippen LogP contribution in [0.1, 0.15) is 18.1 Å². The molecule has 1 nitrogen and oxygen atoms in total. The molecule has 1 aromatic rings. The highest BCUT2D eigenvalue weighted by molar-refractivity contribution is 9.10. The van der Waals surface area contributed by atoms with E-state index in [2.05, 4.69) is 34.3 Å². The minimum Gasteiger partial charge on any atom is -0.185 e. The highest BCUT2D eigenvalue weighted by Crippen LogP contribution is 2.28. The first kappa shape index (κ1) is 10.6. The summed E-state index contributed by atoms with van der Waals surface area (Å²) in [6.07, 6.45) is 0.987. The number of nitrogens with zero attached hydrogens (tertiary/aromatic N) is 1. The van der Waals surface area contributed by atoms with Gasteiger partial charge in [-0.05, 0) is 48.4 Å². The number of halogens is 1. The van der Waals surface area contributed by atoms with Gasteiger partial charge < -0.3 is 0 Å². The number of hydrogen-bond acceptors (Lipinski definition) is 2. The Morgan fingerprint density at radius 2 is 2.23 bits per heavy atom. The molecule has 0 spiro atoms. The lowest BCUT2D eigenvalue weighted by Gasteiger charge is -2.06. The summed E-state index contributed by atoms with van der Waals surface area (Å²) in [6, 6.07) is 4.09. The molecule has 0 bridgehead atoms. The Kier molecular flexibility index (Phi) is 3.83. The zero-order valence-electron chi connectivity index (χ0n) is 7.60. The third-order valence-corrected chi connectivity index (χ3v) is 3.55. The van der Waals surface area contributed by atoms with Gasteiger partial charge in [-0.25, -0.2) is 0 Å². The van der Waals surface area contributed by atoms with Crippen molar-refractivity contribution in [1.29, 1.82) is 5.26 Å². The molecule has 0 N–H and O–H groups in total. The van der Waals surface area contributed by atoms with Crippen molar-refractivity contribution in [2.75, 3.05) is 0 Å². The van der Waals surface area contributed by atoms with Gasteiger partial charge in [-0.1, -0.05) is 22.9 Å². The number of thiocyanates is 1. The van der Waals surface area contributed by atoms with Crippen LogP contribution in [0.2, 0.25) is 0 Å². The van der Waals surface area contributed by atoms with Crippen molar-refractivity contribution in [3.05, 3.63) is 27.7 Å². The number of benzene rings is 1. The summed E-state index contributed by atoms with van der Waals surface area (Å²) < 4.78 is 1.16. The predicted molar refractivity (Wildman–Crippen MR) is 59.7 cm³/mol. The lowest BCUT2D eigenvalue weighted by molar-refractivity contribution is 1.09. The zero-order chi connectivity index (χ0) is 9.84. The third-order valence-electron chi connectivity index (χ3n) is 1.85. The molecular weight excluding hydrogens is 246 g/mol. The van der Waals surface area contributed by atoms with Crippen molar-refractivity contribution < 1.29 is 0 Å². The fourth-order valence-corrected chi connectivity index (χ4v) is 2.23. The van der Waals surface area contributed by atoms with Crippen LogP contribution in [0.5, 0.6) is 0 Å². The average Bonchev–Trinajstić information content (AvgIpc) is 2.11. The lowest BCUT2D eigenvalue weighted by Crippen LogP contribution is -1.87. The summed E-state index contributed by atoms with van der Waals surface area (Å²) in [5.74, 6) is 0. The van der Waals surface area contributed by atoms with Crippen molar-refractivity contribution in [2.45, 2.75) is 25.2 Å². The second-order valence-corrected chi connectivity index (χ2v) is 4.41. The topological polar surface area (TPSA) is 23.8 Å². The van der Waals surface area contributed by atoms with Crippen LogP contribution >= 0.6 is 27.7 Å². The third kappa shape index (κ3) is 2.49. The molecule has 0 amide bonds. The van der Waals surface area contributed by atoms with Crippen LogP contribution in [0.4, 0.5) is 0 Å². The number of hydrogen-bond donors (Lipinski definition) is 0. The van der Waals surface area contributed by atoms with E-state index in [1.165, 1.54) is 22.9 Å². The molecule has 0 aliphatic heterocycles. The number of rotatable bonds is 2.